The van der Waals surface area contributed by atoms with Crippen LogP contribution in [0.2, 0.25) is 0 Å². The van der Waals surface area contributed by atoms with Gasteiger partial charge in [-0.1, -0.05) is 25.0 Å². The topological polar surface area (TPSA) is 66.4 Å². The number of carboxylic acid groups (broad SMARTS) is 1. The number of hydrogen-bond acceptors (Lipinski definition) is 2. The number of amides is 1. The summed E-state index contributed by atoms with van der Waals surface area (Å²) in [4.78, 5) is 23.6. The summed E-state index contributed by atoms with van der Waals surface area (Å²) in [6, 6.07) is 5.60. The van der Waals surface area contributed by atoms with Crippen LogP contribution in [0.15, 0.2) is 22.7 Å². The highest BCUT2D eigenvalue weighted by Gasteiger charge is 2.42. The number of hydrogen-bond donors (Lipinski definition) is 2. The van der Waals surface area contributed by atoms with Crippen molar-refractivity contribution in [3.8, 4) is 0 Å². The average Bonchev–Trinajstić information content (AvgIpc) is 2.85. The smallest absolute Gasteiger partial charge is 0.310 e. The van der Waals surface area contributed by atoms with E-state index in [0.717, 1.165) is 22.9 Å². The summed E-state index contributed by atoms with van der Waals surface area (Å²) in [7, 11) is 0. The minimum atomic E-state index is -0.875. The molecule has 1 aromatic rings. The molecular weight excluding hydrogens is 322 g/mol. The van der Waals surface area contributed by atoms with Crippen molar-refractivity contribution in [2.45, 2.75) is 39.0 Å². The Morgan fingerprint density at radius 3 is 2.60 bits per heavy atom. The molecule has 0 radical (unpaired) electrons. The van der Waals surface area contributed by atoms with Gasteiger partial charge < -0.3 is 10.4 Å². The lowest BCUT2D eigenvalue weighted by molar-refractivity contribution is -0.150. The quantitative estimate of drug-likeness (QED) is 0.878. The first-order valence-corrected chi connectivity index (χ1v) is 7.52. The molecule has 2 rings (SSSR count). The van der Waals surface area contributed by atoms with Crippen LogP contribution in [0.4, 0.5) is 5.69 Å². The first-order valence-electron chi connectivity index (χ1n) is 6.73. The molecule has 20 heavy (non-hydrogen) atoms. The van der Waals surface area contributed by atoms with Gasteiger partial charge in [-0.2, -0.15) is 0 Å². The predicted molar refractivity (Wildman–Crippen MR) is 80.7 cm³/mol. The van der Waals surface area contributed by atoms with Crippen LogP contribution >= 0.6 is 15.9 Å². The molecule has 1 amide bonds. The molecule has 0 spiro atoms. The van der Waals surface area contributed by atoms with Crippen LogP contribution in [-0.4, -0.2) is 17.0 Å². The van der Waals surface area contributed by atoms with Crippen molar-refractivity contribution >= 4 is 33.5 Å². The zero-order chi connectivity index (χ0) is 14.8. The SMILES string of the molecule is Cc1cccc(NC(=O)CC2(C(=O)O)CCCC2)c1Br. The van der Waals surface area contributed by atoms with E-state index < -0.39 is 11.4 Å². The highest BCUT2D eigenvalue weighted by Crippen LogP contribution is 2.41. The summed E-state index contributed by atoms with van der Waals surface area (Å²) < 4.78 is 0.837. The lowest BCUT2D eigenvalue weighted by Crippen LogP contribution is -2.32. The van der Waals surface area contributed by atoms with Crippen LogP contribution in [0.5, 0.6) is 0 Å². The van der Waals surface area contributed by atoms with Gasteiger partial charge in [-0.15, -0.1) is 0 Å². The van der Waals surface area contributed by atoms with Crippen LogP contribution < -0.4 is 5.32 Å². The Bertz CT molecular complexity index is 536. The molecule has 0 atom stereocenters. The molecule has 108 valence electrons. The molecule has 1 aliphatic carbocycles. The zero-order valence-corrected chi connectivity index (χ0v) is 13.0. The van der Waals surface area contributed by atoms with E-state index in [-0.39, 0.29) is 12.3 Å². The van der Waals surface area contributed by atoms with Gasteiger partial charge >= 0.3 is 5.97 Å². The van der Waals surface area contributed by atoms with Gasteiger partial charge in [0.05, 0.1) is 11.1 Å². The number of carbonyl (C=O) groups excluding carboxylic acids is 1. The van der Waals surface area contributed by atoms with E-state index in [1.54, 1.807) is 6.07 Å². The minimum Gasteiger partial charge on any atom is -0.481 e. The molecule has 1 aromatic carbocycles. The number of anilines is 1. The van der Waals surface area contributed by atoms with Crippen LogP contribution in [0.25, 0.3) is 0 Å². The Kier molecular flexibility index (Phi) is 4.48. The van der Waals surface area contributed by atoms with E-state index in [0.29, 0.717) is 18.5 Å². The highest BCUT2D eigenvalue weighted by atomic mass is 79.9. The summed E-state index contributed by atoms with van der Waals surface area (Å²) in [5.74, 6) is -1.09. The van der Waals surface area contributed by atoms with E-state index in [1.165, 1.54) is 0 Å². The highest BCUT2D eigenvalue weighted by molar-refractivity contribution is 9.10. The number of carboxylic acids is 1. The van der Waals surface area contributed by atoms with Gasteiger partial charge in [0.15, 0.2) is 0 Å². The molecule has 2 N–H and O–H groups in total. The zero-order valence-electron chi connectivity index (χ0n) is 11.4. The van der Waals surface area contributed by atoms with Gasteiger partial charge in [0.1, 0.15) is 0 Å². The maximum absolute atomic E-state index is 12.1. The van der Waals surface area contributed by atoms with Crippen molar-refractivity contribution in [2.75, 3.05) is 5.32 Å². The lowest BCUT2D eigenvalue weighted by atomic mass is 9.82. The largest absolute Gasteiger partial charge is 0.481 e. The number of rotatable bonds is 4. The summed E-state index contributed by atoms with van der Waals surface area (Å²) in [6.45, 7) is 1.94. The standard InChI is InChI=1S/C15H18BrNO3/c1-10-5-4-6-11(13(10)16)17-12(18)9-15(14(19)20)7-2-3-8-15/h4-6H,2-3,7-9H2,1H3,(H,17,18)(H,19,20). The summed E-state index contributed by atoms with van der Waals surface area (Å²) in [5.41, 5.74) is 0.838. The molecule has 1 aliphatic rings. The van der Waals surface area contributed by atoms with Crippen LogP contribution in [0.3, 0.4) is 0 Å². The number of carbonyl (C=O) groups is 2. The van der Waals surface area contributed by atoms with Gasteiger partial charge in [-0.3, -0.25) is 9.59 Å². The molecule has 0 saturated heterocycles. The molecule has 5 heteroatoms. The molecule has 0 heterocycles. The number of aliphatic carboxylic acids is 1. The average molecular weight is 340 g/mol. The van der Waals surface area contributed by atoms with E-state index in [2.05, 4.69) is 21.2 Å². The molecule has 1 fully saturated rings. The summed E-state index contributed by atoms with van der Waals surface area (Å²) >= 11 is 3.43. The van der Waals surface area contributed by atoms with Crippen molar-refractivity contribution in [2.24, 2.45) is 5.41 Å². The van der Waals surface area contributed by atoms with Crippen molar-refractivity contribution in [1.82, 2.24) is 0 Å². The monoisotopic (exact) mass is 339 g/mol. The van der Waals surface area contributed by atoms with Crippen molar-refractivity contribution < 1.29 is 14.7 Å². The van der Waals surface area contributed by atoms with E-state index >= 15 is 0 Å². The maximum atomic E-state index is 12.1. The molecular formula is C15H18BrNO3. The van der Waals surface area contributed by atoms with E-state index in [1.807, 2.05) is 19.1 Å². The molecule has 0 bridgehead atoms. The molecule has 4 nitrogen and oxygen atoms in total. The Morgan fingerprint density at radius 2 is 2.00 bits per heavy atom. The second-order valence-corrected chi connectivity index (χ2v) is 6.25. The second-order valence-electron chi connectivity index (χ2n) is 5.45. The third-order valence-corrected chi connectivity index (χ3v) is 5.03. The molecule has 0 aliphatic heterocycles. The van der Waals surface area contributed by atoms with Crippen LogP contribution in [0, 0.1) is 12.3 Å². The van der Waals surface area contributed by atoms with Crippen molar-refractivity contribution in [3.05, 3.63) is 28.2 Å². The number of nitrogens with one attached hydrogen (secondary N) is 1. The van der Waals surface area contributed by atoms with Crippen molar-refractivity contribution in [1.29, 1.82) is 0 Å². The fourth-order valence-corrected chi connectivity index (χ4v) is 3.13. The van der Waals surface area contributed by atoms with Crippen LogP contribution in [0.1, 0.15) is 37.7 Å². The normalized spacial score (nSPS) is 16.9. The summed E-state index contributed by atoms with van der Waals surface area (Å²) in [6.07, 6.45) is 2.99. The Morgan fingerprint density at radius 1 is 1.35 bits per heavy atom. The van der Waals surface area contributed by atoms with Crippen molar-refractivity contribution in [3.63, 3.8) is 0 Å². The number of aryl methyl sites for hydroxylation is 1. The first-order chi connectivity index (χ1) is 9.44. The van der Waals surface area contributed by atoms with E-state index in [9.17, 15) is 14.7 Å². The third kappa shape index (κ3) is 3.03. The molecule has 1 saturated carbocycles. The fourth-order valence-electron chi connectivity index (χ4n) is 2.76. The number of halogens is 1. The fraction of sp³-hybridized carbons (Fsp3) is 0.467. The van der Waals surface area contributed by atoms with Crippen LogP contribution in [-0.2, 0) is 9.59 Å². The predicted octanol–water partition coefficient (Wildman–Crippen LogP) is 3.73. The number of benzene rings is 1. The van der Waals surface area contributed by atoms with Gasteiger partial charge in [-0.25, -0.2) is 0 Å². The Labute approximate surface area is 126 Å². The molecule has 0 unspecified atom stereocenters. The van der Waals surface area contributed by atoms with Gasteiger partial charge in [0.25, 0.3) is 0 Å². The van der Waals surface area contributed by atoms with Gasteiger partial charge in [0, 0.05) is 10.9 Å². The third-order valence-electron chi connectivity index (χ3n) is 3.98. The van der Waals surface area contributed by atoms with Gasteiger partial charge in [-0.05, 0) is 47.3 Å². The minimum absolute atomic E-state index is 0.0444. The molecule has 0 aromatic heterocycles. The lowest BCUT2D eigenvalue weighted by Gasteiger charge is -2.23. The van der Waals surface area contributed by atoms with Gasteiger partial charge in [0.2, 0.25) is 5.91 Å². The van der Waals surface area contributed by atoms with E-state index in [4.69, 9.17) is 0 Å². The second kappa shape index (κ2) is 5.95. The first kappa shape index (κ1) is 15.0. The maximum Gasteiger partial charge on any atom is 0.310 e. The summed E-state index contributed by atoms with van der Waals surface area (Å²) in [5, 5.41) is 12.2. The Hall–Kier alpha value is -1.36. The Balaban J connectivity index is 2.09.